The zero-order valence-electron chi connectivity index (χ0n) is 7.21. The molecule has 1 unspecified atom stereocenters. The molecular formula is C6H14O6S. The smallest absolute Gasteiger partial charge is 0.275 e. The van der Waals surface area contributed by atoms with Crippen molar-refractivity contribution >= 4 is 10.1 Å². The first kappa shape index (κ1) is 12.8. The maximum atomic E-state index is 10.8. The van der Waals surface area contributed by atoms with E-state index in [1.807, 2.05) is 0 Å². The summed E-state index contributed by atoms with van der Waals surface area (Å²) in [5.41, 5.74) is 0. The van der Waals surface area contributed by atoms with E-state index in [1.165, 1.54) is 6.92 Å². The second kappa shape index (κ2) is 4.34. The van der Waals surface area contributed by atoms with Crippen LogP contribution in [0.5, 0.6) is 0 Å². The van der Waals surface area contributed by atoms with E-state index < -0.39 is 40.6 Å². The molecule has 0 fully saturated rings. The third-order valence-corrected chi connectivity index (χ3v) is 3.91. The molecule has 0 rings (SSSR count). The average molecular weight is 214 g/mol. The molecule has 0 aromatic carbocycles. The molecule has 13 heavy (non-hydrogen) atoms. The molecule has 0 amide bonds. The summed E-state index contributed by atoms with van der Waals surface area (Å²) in [7, 11) is -4.60. The molecule has 0 aromatic heterocycles. The molecule has 0 aliphatic heterocycles. The fourth-order valence-electron chi connectivity index (χ4n) is 0.945. The summed E-state index contributed by atoms with van der Waals surface area (Å²) >= 11 is 0. The molecule has 0 saturated carbocycles. The fraction of sp³-hybridized carbons (Fsp3) is 1.00. The van der Waals surface area contributed by atoms with Crippen molar-refractivity contribution in [3.63, 3.8) is 0 Å². The van der Waals surface area contributed by atoms with Crippen molar-refractivity contribution in [3.05, 3.63) is 0 Å². The maximum Gasteiger partial charge on any atom is 0.275 e. The molecule has 0 saturated heterocycles. The van der Waals surface area contributed by atoms with E-state index in [4.69, 9.17) is 19.9 Å². The summed E-state index contributed by atoms with van der Waals surface area (Å²) in [5, 5.41) is 26.3. The highest BCUT2D eigenvalue weighted by atomic mass is 32.2. The first-order chi connectivity index (χ1) is 5.85. The van der Waals surface area contributed by atoms with Gasteiger partial charge < -0.3 is 15.3 Å². The molecular weight excluding hydrogens is 200 g/mol. The monoisotopic (exact) mass is 214 g/mol. The largest absolute Gasteiger partial charge is 0.396 e. The summed E-state index contributed by atoms with van der Waals surface area (Å²) < 4.78 is 28.4. The quantitative estimate of drug-likeness (QED) is 0.402. The predicted octanol–water partition coefficient (Wildman–Crippen LogP) is -1.77. The van der Waals surface area contributed by atoms with Crippen molar-refractivity contribution in [3.8, 4) is 0 Å². The molecule has 0 aliphatic rings. The van der Waals surface area contributed by atoms with Gasteiger partial charge in [-0.25, -0.2) is 0 Å². The lowest BCUT2D eigenvalue weighted by molar-refractivity contribution is 0.0934. The molecule has 7 heteroatoms. The zero-order valence-corrected chi connectivity index (χ0v) is 8.03. The van der Waals surface area contributed by atoms with Gasteiger partial charge >= 0.3 is 0 Å². The Hall–Kier alpha value is -0.210. The Kier molecular flexibility index (Phi) is 4.27. The summed E-state index contributed by atoms with van der Waals surface area (Å²) in [6.07, 6.45) is 0. The Morgan fingerprint density at radius 2 is 1.62 bits per heavy atom. The Labute approximate surface area is 76.6 Å². The van der Waals surface area contributed by atoms with Crippen LogP contribution >= 0.6 is 0 Å². The number of aliphatic hydroxyl groups is 3. The third-order valence-electron chi connectivity index (χ3n) is 2.22. The zero-order chi connectivity index (χ0) is 10.7. The molecule has 0 aromatic rings. The molecule has 0 aliphatic carbocycles. The predicted molar refractivity (Wildman–Crippen MR) is 44.7 cm³/mol. The Bertz CT molecular complexity index is 242. The second-order valence-electron chi connectivity index (χ2n) is 2.94. The molecule has 0 radical (unpaired) electrons. The highest BCUT2D eigenvalue weighted by molar-refractivity contribution is 7.87. The fourth-order valence-corrected chi connectivity index (χ4v) is 1.85. The van der Waals surface area contributed by atoms with E-state index in [0.717, 1.165) is 0 Å². The van der Waals surface area contributed by atoms with Gasteiger partial charge in [0.1, 0.15) is 4.75 Å². The van der Waals surface area contributed by atoms with Crippen LogP contribution in [0.1, 0.15) is 6.92 Å². The minimum absolute atomic E-state index is 0.555. The van der Waals surface area contributed by atoms with Gasteiger partial charge in [-0.1, -0.05) is 6.92 Å². The topological polar surface area (TPSA) is 115 Å². The number of rotatable bonds is 5. The molecule has 0 spiro atoms. The molecule has 0 heterocycles. The Balaban J connectivity index is 5.16. The number of aliphatic hydroxyl groups excluding tert-OH is 3. The second-order valence-corrected chi connectivity index (χ2v) is 4.70. The van der Waals surface area contributed by atoms with Crippen LogP contribution in [-0.4, -0.2) is 52.9 Å². The van der Waals surface area contributed by atoms with Crippen LogP contribution in [0.3, 0.4) is 0 Å². The lowest BCUT2D eigenvalue weighted by atomic mass is 9.95. The molecule has 6 nitrogen and oxygen atoms in total. The van der Waals surface area contributed by atoms with Gasteiger partial charge in [-0.2, -0.15) is 8.42 Å². The summed E-state index contributed by atoms with van der Waals surface area (Å²) in [4.78, 5) is 0. The lowest BCUT2D eigenvalue weighted by Gasteiger charge is -2.31. The van der Waals surface area contributed by atoms with Crippen LogP contribution < -0.4 is 0 Å². The lowest BCUT2D eigenvalue weighted by Crippen LogP contribution is -2.52. The SMILES string of the molecule is CC(CO)C(CO)(CO)S(=O)(=O)O. The van der Waals surface area contributed by atoms with E-state index >= 15 is 0 Å². The van der Waals surface area contributed by atoms with Crippen LogP contribution in [0.2, 0.25) is 0 Å². The van der Waals surface area contributed by atoms with Crippen molar-refractivity contribution in [2.75, 3.05) is 19.8 Å². The molecule has 0 bridgehead atoms. The van der Waals surface area contributed by atoms with Gasteiger partial charge in [-0.15, -0.1) is 0 Å². The molecule has 1 atom stereocenters. The Morgan fingerprint density at radius 3 is 1.69 bits per heavy atom. The van der Waals surface area contributed by atoms with E-state index in [-0.39, 0.29) is 0 Å². The van der Waals surface area contributed by atoms with E-state index in [0.29, 0.717) is 0 Å². The van der Waals surface area contributed by atoms with Gasteiger partial charge in [0.15, 0.2) is 0 Å². The number of hydrogen-bond acceptors (Lipinski definition) is 5. The van der Waals surface area contributed by atoms with E-state index in [2.05, 4.69) is 0 Å². The maximum absolute atomic E-state index is 10.8. The van der Waals surface area contributed by atoms with Crippen LogP contribution in [0.4, 0.5) is 0 Å². The summed E-state index contributed by atoms with van der Waals surface area (Å²) in [6.45, 7) is -1.13. The van der Waals surface area contributed by atoms with E-state index in [1.54, 1.807) is 0 Å². The van der Waals surface area contributed by atoms with Gasteiger partial charge in [-0.05, 0) is 0 Å². The highest BCUT2D eigenvalue weighted by Gasteiger charge is 2.46. The standard InChI is InChI=1S/C6H14O6S/c1-5(2-7)6(3-8,4-9)13(10,11)12/h5,7-9H,2-4H2,1H3,(H,10,11,12). The summed E-state index contributed by atoms with van der Waals surface area (Å²) in [6, 6.07) is 0. The van der Waals surface area contributed by atoms with Gasteiger partial charge in [0.2, 0.25) is 0 Å². The molecule has 80 valence electrons. The van der Waals surface area contributed by atoms with Gasteiger partial charge in [0.25, 0.3) is 10.1 Å². The van der Waals surface area contributed by atoms with Gasteiger partial charge in [0.05, 0.1) is 13.2 Å². The minimum atomic E-state index is -4.60. The van der Waals surface area contributed by atoms with Crippen molar-refractivity contribution in [1.29, 1.82) is 0 Å². The van der Waals surface area contributed by atoms with Crippen molar-refractivity contribution in [2.24, 2.45) is 5.92 Å². The highest BCUT2D eigenvalue weighted by Crippen LogP contribution is 2.25. The van der Waals surface area contributed by atoms with Crippen LogP contribution in [0, 0.1) is 5.92 Å². The normalized spacial score (nSPS) is 15.8. The minimum Gasteiger partial charge on any atom is -0.396 e. The van der Waals surface area contributed by atoms with Crippen molar-refractivity contribution in [2.45, 2.75) is 11.7 Å². The van der Waals surface area contributed by atoms with Crippen LogP contribution in [0.15, 0.2) is 0 Å². The number of hydrogen-bond donors (Lipinski definition) is 4. The summed E-state index contributed by atoms with van der Waals surface area (Å²) in [5.74, 6) is -0.947. The van der Waals surface area contributed by atoms with Crippen molar-refractivity contribution in [1.82, 2.24) is 0 Å². The van der Waals surface area contributed by atoms with Gasteiger partial charge in [-0.3, -0.25) is 4.55 Å². The third kappa shape index (κ3) is 2.18. The van der Waals surface area contributed by atoms with Crippen LogP contribution in [-0.2, 0) is 10.1 Å². The van der Waals surface area contributed by atoms with E-state index in [9.17, 15) is 8.42 Å². The van der Waals surface area contributed by atoms with Gasteiger partial charge in [0, 0.05) is 12.5 Å². The first-order valence-electron chi connectivity index (χ1n) is 3.65. The average Bonchev–Trinajstić information content (AvgIpc) is 2.04. The Morgan fingerprint density at radius 1 is 1.23 bits per heavy atom. The van der Waals surface area contributed by atoms with Crippen LogP contribution in [0.25, 0.3) is 0 Å². The molecule has 4 N–H and O–H groups in total. The van der Waals surface area contributed by atoms with Crippen molar-refractivity contribution < 1.29 is 28.3 Å². The first-order valence-corrected chi connectivity index (χ1v) is 5.09.